The van der Waals surface area contributed by atoms with Gasteiger partial charge in [0, 0.05) is 7.11 Å². The Morgan fingerprint density at radius 1 is 1.20 bits per heavy atom. The first kappa shape index (κ1) is 11.7. The van der Waals surface area contributed by atoms with Crippen LogP contribution >= 0.6 is 0 Å². The molecule has 1 aromatic rings. The van der Waals surface area contributed by atoms with E-state index in [9.17, 15) is 4.79 Å². The van der Waals surface area contributed by atoms with Crippen LogP contribution in [-0.2, 0) is 14.5 Å². The molecule has 0 bridgehead atoms. The molecule has 0 aromatic heterocycles. The summed E-state index contributed by atoms with van der Waals surface area (Å²) in [5.74, 6) is -0.522. The number of ether oxygens (including phenoxy) is 1. The second kappa shape index (κ2) is 6.16. The average Bonchev–Trinajstić information content (AvgIpc) is 2.27. The van der Waals surface area contributed by atoms with Gasteiger partial charge in [-0.1, -0.05) is 18.2 Å². The molecule has 1 aromatic carbocycles. The van der Waals surface area contributed by atoms with Crippen molar-refractivity contribution in [3.63, 3.8) is 0 Å². The van der Waals surface area contributed by atoms with Gasteiger partial charge in [0.2, 0.25) is 0 Å². The standard InChI is InChI=1S/C11H13O4/c1-9(8-13-2)14-15-11(12)10-6-4-3-5-7-10/h3-7H,8H2,1-2H3. The Kier molecular flexibility index (Phi) is 4.80. The first-order chi connectivity index (χ1) is 7.24. The van der Waals surface area contributed by atoms with Crippen molar-refractivity contribution in [1.29, 1.82) is 0 Å². The third kappa shape index (κ3) is 4.10. The van der Waals surface area contributed by atoms with Gasteiger partial charge in [-0.15, -0.1) is 0 Å². The van der Waals surface area contributed by atoms with Gasteiger partial charge in [-0.2, -0.15) is 4.89 Å². The number of hydrogen-bond donors (Lipinski definition) is 0. The minimum absolute atomic E-state index is 0.294. The normalized spacial score (nSPS) is 10.3. The summed E-state index contributed by atoms with van der Waals surface area (Å²) < 4.78 is 4.79. The maximum absolute atomic E-state index is 11.4. The zero-order chi connectivity index (χ0) is 11.1. The fourth-order valence-corrected chi connectivity index (χ4v) is 0.959. The minimum Gasteiger partial charge on any atom is -0.381 e. The van der Waals surface area contributed by atoms with Crippen molar-refractivity contribution in [2.45, 2.75) is 6.92 Å². The first-order valence-electron chi connectivity index (χ1n) is 4.49. The van der Waals surface area contributed by atoms with Gasteiger partial charge in [-0.25, -0.2) is 4.79 Å². The predicted molar refractivity (Wildman–Crippen MR) is 53.7 cm³/mol. The summed E-state index contributed by atoms with van der Waals surface area (Å²) in [6.45, 7) is 1.96. The monoisotopic (exact) mass is 209 g/mol. The maximum atomic E-state index is 11.4. The molecule has 0 aliphatic rings. The summed E-state index contributed by atoms with van der Waals surface area (Å²) in [7, 11) is 1.53. The SMILES string of the molecule is COC[C](C)OOC(=O)c1ccccc1. The Labute approximate surface area is 88.7 Å². The molecule has 81 valence electrons. The van der Waals surface area contributed by atoms with Gasteiger partial charge < -0.3 is 4.74 Å². The lowest BCUT2D eigenvalue weighted by Gasteiger charge is -2.08. The fraction of sp³-hybridized carbons (Fsp3) is 0.273. The maximum Gasteiger partial charge on any atom is 0.373 e. The van der Waals surface area contributed by atoms with E-state index >= 15 is 0 Å². The third-order valence-corrected chi connectivity index (χ3v) is 1.62. The Bertz CT molecular complexity index is 297. The number of methoxy groups -OCH3 is 1. The van der Waals surface area contributed by atoms with E-state index in [-0.39, 0.29) is 0 Å². The van der Waals surface area contributed by atoms with Crippen LogP contribution in [0.2, 0.25) is 0 Å². The van der Waals surface area contributed by atoms with Gasteiger partial charge in [-0.05, 0) is 19.1 Å². The van der Waals surface area contributed by atoms with Gasteiger partial charge in [0.15, 0.2) is 6.10 Å². The fourth-order valence-electron chi connectivity index (χ4n) is 0.959. The lowest BCUT2D eigenvalue weighted by atomic mass is 10.2. The van der Waals surface area contributed by atoms with Crippen molar-refractivity contribution in [1.82, 2.24) is 0 Å². The summed E-state index contributed by atoms with van der Waals surface area (Å²) in [5, 5.41) is 0. The molecule has 0 spiro atoms. The number of benzene rings is 1. The Balaban J connectivity index is 2.37. The van der Waals surface area contributed by atoms with Crippen molar-refractivity contribution >= 4 is 5.97 Å². The molecule has 0 saturated heterocycles. The van der Waals surface area contributed by atoms with Crippen LogP contribution in [0.25, 0.3) is 0 Å². The van der Waals surface area contributed by atoms with Crippen molar-refractivity contribution in [3.8, 4) is 0 Å². The van der Waals surface area contributed by atoms with Gasteiger partial charge in [-0.3, -0.25) is 4.89 Å². The molecule has 0 aliphatic heterocycles. The number of rotatable bonds is 5. The molecule has 0 unspecified atom stereocenters. The number of carbonyl (C=O) groups is 1. The van der Waals surface area contributed by atoms with Crippen LogP contribution in [0.1, 0.15) is 17.3 Å². The van der Waals surface area contributed by atoms with Gasteiger partial charge in [0.25, 0.3) is 0 Å². The summed E-state index contributed by atoms with van der Waals surface area (Å²) in [6.07, 6.45) is 0.488. The molecule has 1 radical (unpaired) electrons. The highest BCUT2D eigenvalue weighted by Crippen LogP contribution is 2.06. The molecule has 0 amide bonds. The third-order valence-electron chi connectivity index (χ3n) is 1.62. The first-order valence-corrected chi connectivity index (χ1v) is 4.49. The molecule has 0 atom stereocenters. The Morgan fingerprint density at radius 3 is 2.47 bits per heavy atom. The summed E-state index contributed by atoms with van der Waals surface area (Å²) in [4.78, 5) is 20.7. The van der Waals surface area contributed by atoms with Crippen molar-refractivity contribution in [2.75, 3.05) is 13.7 Å². The molecule has 0 N–H and O–H groups in total. The van der Waals surface area contributed by atoms with Gasteiger partial charge >= 0.3 is 5.97 Å². The zero-order valence-corrected chi connectivity index (χ0v) is 8.73. The van der Waals surface area contributed by atoms with E-state index in [4.69, 9.17) is 9.62 Å². The van der Waals surface area contributed by atoms with Gasteiger partial charge in [0.05, 0.1) is 12.2 Å². The molecule has 0 saturated carbocycles. The van der Waals surface area contributed by atoms with E-state index < -0.39 is 5.97 Å². The highest BCUT2D eigenvalue weighted by molar-refractivity contribution is 5.88. The van der Waals surface area contributed by atoms with Crippen LogP contribution in [-0.4, -0.2) is 19.7 Å². The van der Waals surface area contributed by atoms with Crippen LogP contribution in [0.4, 0.5) is 0 Å². The van der Waals surface area contributed by atoms with Crippen LogP contribution < -0.4 is 0 Å². The Morgan fingerprint density at radius 2 is 1.87 bits per heavy atom. The van der Waals surface area contributed by atoms with Crippen molar-refractivity contribution in [2.24, 2.45) is 0 Å². The topological polar surface area (TPSA) is 44.8 Å². The van der Waals surface area contributed by atoms with E-state index in [0.717, 1.165) is 0 Å². The summed E-state index contributed by atoms with van der Waals surface area (Å²) >= 11 is 0. The number of carbonyl (C=O) groups excluding carboxylic acids is 1. The van der Waals surface area contributed by atoms with Crippen LogP contribution in [0.5, 0.6) is 0 Å². The highest BCUT2D eigenvalue weighted by Gasteiger charge is 2.11. The van der Waals surface area contributed by atoms with Crippen molar-refractivity contribution < 1.29 is 19.3 Å². The smallest absolute Gasteiger partial charge is 0.373 e. The molecule has 4 nitrogen and oxygen atoms in total. The zero-order valence-electron chi connectivity index (χ0n) is 8.73. The highest BCUT2D eigenvalue weighted by atomic mass is 17.2. The largest absolute Gasteiger partial charge is 0.381 e. The van der Waals surface area contributed by atoms with E-state index in [0.29, 0.717) is 18.3 Å². The molecule has 1 rings (SSSR count). The molecule has 4 heteroatoms. The van der Waals surface area contributed by atoms with E-state index in [1.807, 2.05) is 6.07 Å². The van der Waals surface area contributed by atoms with Crippen molar-refractivity contribution in [3.05, 3.63) is 42.0 Å². The predicted octanol–water partition coefficient (Wildman–Crippen LogP) is 1.97. The lowest BCUT2D eigenvalue weighted by Crippen LogP contribution is -2.11. The van der Waals surface area contributed by atoms with Crippen LogP contribution in [0.15, 0.2) is 30.3 Å². The van der Waals surface area contributed by atoms with E-state index in [1.54, 1.807) is 31.2 Å². The quantitative estimate of drug-likeness (QED) is 0.549. The molecule has 0 fully saturated rings. The van der Waals surface area contributed by atoms with Gasteiger partial charge in [0.1, 0.15) is 0 Å². The molecule has 0 aliphatic carbocycles. The Hall–Kier alpha value is -1.39. The minimum atomic E-state index is -0.522. The summed E-state index contributed by atoms with van der Waals surface area (Å²) in [6, 6.07) is 8.62. The van der Waals surface area contributed by atoms with Crippen LogP contribution in [0, 0.1) is 6.10 Å². The lowest BCUT2D eigenvalue weighted by molar-refractivity contribution is -0.237. The summed E-state index contributed by atoms with van der Waals surface area (Å²) in [5.41, 5.74) is 0.447. The molecule has 0 heterocycles. The second-order valence-electron chi connectivity index (χ2n) is 2.96. The molecular weight excluding hydrogens is 196 g/mol. The molecule has 15 heavy (non-hydrogen) atoms. The van der Waals surface area contributed by atoms with Crippen LogP contribution in [0.3, 0.4) is 0 Å². The van der Waals surface area contributed by atoms with E-state index in [2.05, 4.69) is 4.89 Å². The number of hydrogen-bond acceptors (Lipinski definition) is 4. The van der Waals surface area contributed by atoms with E-state index in [1.165, 1.54) is 7.11 Å². The average molecular weight is 209 g/mol. The second-order valence-corrected chi connectivity index (χ2v) is 2.96. The molecular formula is C11H13O4.